The lowest BCUT2D eigenvalue weighted by Gasteiger charge is -1.91. The summed E-state index contributed by atoms with van der Waals surface area (Å²) in [7, 11) is 0. The van der Waals surface area contributed by atoms with Crippen LogP contribution in [0.3, 0.4) is 0 Å². The number of rotatable bonds is 2. The lowest BCUT2D eigenvalue weighted by atomic mass is 10.3. The van der Waals surface area contributed by atoms with Gasteiger partial charge in [0.15, 0.2) is 12.4 Å². The van der Waals surface area contributed by atoms with Crippen molar-refractivity contribution < 1.29 is 4.57 Å². The zero-order valence-corrected chi connectivity index (χ0v) is 6.25. The summed E-state index contributed by atoms with van der Waals surface area (Å²) >= 11 is 0. The Morgan fingerprint density at radius 1 is 1.70 bits per heavy atom. The average molecular weight is 134 g/mol. The van der Waals surface area contributed by atoms with E-state index in [1.165, 1.54) is 5.56 Å². The van der Waals surface area contributed by atoms with Crippen molar-refractivity contribution in [2.24, 2.45) is 0 Å². The Labute approximate surface area is 61.6 Å². The summed E-state index contributed by atoms with van der Waals surface area (Å²) < 4.78 is 2.12. The first kappa shape index (κ1) is 7.00. The van der Waals surface area contributed by atoms with Crippen LogP contribution in [0, 0.1) is 0 Å². The largest absolute Gasteiger partial charge is 0.205 e. The first-order chi connectivity index (χ1) is 4.86. The van der Waals surface area contributed by atoms with Gasteiger partial charge in [-0.2, -0.15) is 0 Å². The number of aromatic nitrogens is 1. The van der Waals surface area contributed by atoms with Gasteiger partial charge in [0.1, 0.15) is 6.54 Å². The standard InChI is InChI=1S/C9H12N/c1-3-9-6-5-7-10(4-2)8-9/h3,5-8H,1,4H2,2H3/q+1. The van der Waals surface area contributed by atoms with Crippen LogP contribution < -0.4 is 4.57 Å². The van der Waals surface area contributed by atoms with Gasteiger partial charge in [0, 0.05) is 11.6 Å². The molecule has 0 amide bonds. The van der Waals surface area contributed by atoms with E-state index in [2.05, 4.69) is 24.3 Å². The van der Waals surface area contributed by atoms with Crippen LogP contribution >= 0.6 is 0 Å². The molecule has 0 spiro atoms. The summed E-state index contributed by atoms with van der Waals surface area (Å²) in [6, 6.07) is 4.07. The van der Waals surface area contributed by atoms with Gasteiger partial charge in [-0.3, -0.25) is 0 Å². The monoisotopic (exact) mass is 134 g/mol. The highest BCUT2D eigenvalue weighted by Crippen LogP contribution is 1.94. The topological polar surface area (TPSA) is 3.88 Å². The summed E-state index contributed by atoms with van der Waals surface area (Å²) in [4.78, 5) is 0. The van der Waals surface area contributed by atoms with Crippen molar-refractivity contribution in [3.63, 3.8) is 0 Å². The van der Waals surface area contributed by atoms with E-state index in [4.69, 9.17) is 0 Å². The Kier molecular flexibility index (Phi) is 2.21. The lowest BCUT2D eigenvalue weighted by molar-refractivity contribution is -0.693. The molecule has 0 unspecified atom stereocenters. The molecule has 0 bridgehead atoms. The van der Waals surface area contributed by atoms with Crippen molar-refractivity contribution >= 4 is 6.08 Å². The van der Waals surface area contributed by atoms with Gasteiger partial charge >= 0.3 is 0 Å². The molecule has 0 atom stereocenters. The molecule has 0 radical (unpaired) electrons. The molecule has 0 fully saturated rings. The normalized spacial score (nSPS) is 9.30. The second kappa shape index (κ2) is 3.16. The molecular formula is C9H12N+. The van der Waals surface area contributed by atoms with Crippen LogP contribution in [0.25, 0.3) is 6.08 Å². The van der Waals surface area contributed by atoms with Crippen molar-refractivity contribution in [1.29, 1.82) is 0 Å². The summed E-state index contributed by atoms with van der Waals surface area (Å²) in [6.45, 7) is 6.83. The third-order valence-electron chi connectivity index (χ3n) is 1.48. The second-order valence-electron chi connectivity index (χ2n) is 2.17. The fraction of sp³-hybridized carbons (Fsp3) is 0.222. The van der Waals surface area contributed by atoms with E-state index >= 15 is 0 Å². The molecule has 0 aromatic carbocycles. The molecule has 0 aliphatic carbocycles. The molecule has 1 heterocycles. The number of hydrogen-bond acceptors (Lipinski definition) is 0. The van der Waals surface area contributed by atoms with Gasteiger partial charge in [0.25, 0.3) is 0 Å². The predicted octanol–water partition coefficient (Wildman–Crippen LogP) is 1.64. The molecule has 1 aromatic heterocycles. The van der Waals surface area contributed by atoms with Crippen molar-refractivity contribution in [3.8, 4) is 0 Å². The first-order valence-electron chi connectivity index (χ1n) is 3.48. The zero-order chi connectivity index (χ0) is 7.40. The van der Waals surface area contributed by atoms with Crippen molar-refractivity contribution in [1.82, 2.24) is 0 Å². The molecule has 1 aromatic rings. The maximum absolute atomic E-state index is 3.69. The van der Waals surface area contributed by atoms with E-state index in [1.54, 1.807) is 0 Å². The molecule has 0 aliphatic heterocycles. The van der Waals surface area contributed by atoms with Crippen LogP contribution in [0.2, 0.25) is 0 Å². The highest BCUT2D eigenvalue weighted by molar-refractivity contribution is 5.43. The number of pyridine rings is 1. The summed E-state index contributed by atoms with van der Waals surface area (Å²) in [5, 5.41) is 0. The minimum atomic E-state index is 1.02. The molecule has 1 rings (SSSR count). The average Bonchev–Trinajstić information content (AvgIpc) is 2.05. The molecule has 0 aliphatic rings. The third-order valence-corrected chi connectivity index (χ3v) is 1.48. The van der Waals surface area contributed by atoms with Gasteiger partial charge in [-0.1, -0.05) is 12.7 Å². The highest BCUT2D eigenvalue weighted by atomic mass is 14.9. The maximum atomic E-state index is 3.69. The summed E-state index contributed by atoms with van der Waals surface area (Å²) in [5.74, 6) is 0. The molecule has 1 nitrogen and oxygen atoms in total. The van der Waals surface area contributed by atoms with Gasteiger partial charge < -0.3 is 0 Å². The van der Waals surface area contributed by atoms with Crippen molar-refractivity contribution in [2.75, 3.05) is 0 Å². The minimum Gasteiger partial charge on any atom is -0.205 e. The highest BCUT2D eigenvalue weighted by Gasteiger charge is 1.94. The Bertz CT molecular complexity index is 228. The van der Waals surface area contributed by atoms with Crippen molar-refractivity contribution in [3.05, 3.63) is 36.7 Å². The molecular weight excluding hydrogens is 122 g/mol. The van der Waals surface area contributed by atoms with E-state index < -0.39 is 0 Å². The fourth-order valence-corrected chi connectivity index (χ4v) is 0.860. The van der Waals surface area contributed by atoms with Crippen molar-refractivity contribution in [2.45, 2.75) is 13.5 Å². The molecule has 0 saturated heterocycles. The van der Waals surface area contributed by atoms with Gasteiger partial charge in [0.05, 0.1) is 0 Å². The first-order valence-corrected chi connectivity index (χ1v) is 3.48. The Morgan fingerprint density at radius 3 is 3.10 bits per heavy atom. The van der Waals surface area contributed by atoms with E-state index in [0.29, 0.717) is 0 Å². The van der Waals surface area contributed by atoms with E-state index in [-0.39, 0.29) is 0 Å². The smallest absolute Gasteiger partial charge is 0.175 e. The Balaban J connectivity index is 2.98. The second-order valence-corrected chi connectivity index (χ2v) is 2.17. The van der Waals surface area contributed by atoms with Gasteiger partial charge in [-0.15, -0.1) is 0 Å². The quantitative estimate of drug-likeness (QED) is 0.541. The van der Waals surface area contributed by atoms with Gasteiger partial charge in [0.2, 0.25) is 0 Å². The Hall–Kier alpha value is -1.11. The third kappa shape index (κ3) is 1.44. The summed E-state index contributed by atoms with van der Waals surface area (Å²) in [5.41, 5.74) is 1.17. The zero-order valence-electron chi connectivity index (χ0n) is 6.25. The number of aryl methyl sites for hydroxylation is 1. The van der Waals surface area contributed by atoms with Crippen LogP contribution in [0.1, 0.15) is 12.5 Å². The fourth-order valence-electron chi connectivity index (χ4n) is 0.860. The SMILES string of the molecule is C=Cc1ccc[n+](CC)c1. The minimum absolute atomic E-state index is 1.02. The molecule has 0 N–H and O–H groups in total. The molecule has 1 heteroatoms. The van der Waals surface area contributed by atoms with E-state index in [9.17, 15) is 0 Å². The Morgan fingerprint density at radius 2 is 2.50 bits per heavy atom. The summed E-state index contributed by atoms with van der Waals surface area (Å²) in [6.07, 6.45) is 5.98. The van der Waals surface area contributed by atoms with Crippen LogP contribution in [-0.2, 0) is 6.54 Å². The van der Waals surface area contributed by atoms with Crippen LogP contribution in [0.4, 0.5) is 0 Å². The molecule has 10 heavy (non-hydrogen) atoms. The lowest BCUT2D eigenvalue weighted by Crippen LogP contribution is -2.31. The number of nitrogens with zero attached hydrogens (tertiary/aromatic N) is 1. The van der Waals surface area contributed by atoms with E-state index in [0.717, 1.165) is 6.54 Å². The van der Waals surface area contributed by atoms with Gasteiger partial charge in [-0.25, -0.2) is 4.57 Å². The van der Waals surface area contributed by atoms with E-state index in [1.807, 2.05) is 24.4 Å². The molecule has 52 valence electrons. The van der Waals surface area contributed by atoms with Crippen LogP contribution in [0.5, 0.6) is 0 Å². The number of hydrogen-bond donors (Lipinski definition) is 0. The van der Waals surface area contributed by atoms with Gasteiger partial charge in [-0.05, 0) is 13.0 Å². The maximum Gasteiger partial charge on any atom is 0.175 e. The van der Waals surface area contributed by atoms with Crippen LogP contribution in [0.15, 0.2) is 31.1 Å². The predicted molar refractivity (Wildman–Crippen MR) is 42.4 cm³/mol. The van der Waals surface area contributed by atoms with Crippen LogP contribution in [-0.4, -0.2) is 0 Å². The molecule has 0 saturated carbocycles.